The molecule has 0 aromatic heterocycles. The van der Waals surface area contributed by atoms with Crippen molar-refractivity contribution in [2.75, 3.05) is 5.32 Å². The lowest BCUT2D eigenvalue weighted by molar-refractivity contribution is 0.563. The van der Waals surface area contributed by atoms with Gasteiger partial charge in [0.25, 0.3) is 0 Å². The Morgan fingerprint density at radius 3 is 2.50 bits per heavy atom. The summed E-state index contributed by atoms with van der Waals surface area (Å²) in [5.74, 6) is 0.659. The first kappa shape index (κ1) is 12.6. The van der Waals surface area contributed by atoms with Crippen molar-refractivity contribution in [3.8, 4) is 0 Å². The van der Waals surface area contributed by atoms with E-state index < -0.39 is 0 Å². The van der Waals surface area contributed by atoms with E-state index in [9.17, 15) is 0 Å². The van der Waals surface area contributed by atoms with Crippen LogP contribution < -0.4 is 5.32 Å². The van der Waals surface area contributed by atoms with Gasteiger partial charge >= 0.3 is 0 Å². The fourth-order valence-corrected chi connectivity index (χ4v) is 1.73. The number of rotatable bonds is 6. The highest BCUT2D eigenvalue weighted by molar-refractivity contribution is 5.65. The third-order valence-corrected chi connectivity index (χ3v) is 2.53. The van der Waals surface area contributed by atoms with E-state index in [4.69, 9.17) is 0 Å². The van der Waals surface area contributed by atoms with E-state index in [-0.39, 0.29) is 0 Å². The topological polar surface area (TPSA) is 12.0 Å². The zero-order valence-corrected chi connectivity index (χ0v) is 10.2. The van der Waals surface area contributed by atoms with E-state index in [0.29, 0.717) is 12.0 Å². The van der Waals surface area contributed by atoms with Crippen molar-refractivity contribution in [2.24, 2.45) is 5.92 Å². The molecule has 1 N–H and O–H groups in total. The van der Waals surface area contributed by atoms with Crippen molar-refractivity contribution in [1.82, 2.24) is 0 Å². The van der Waals surface area contributed by atoms with Crippen molar-refractivity contribution < 1.29 is 0 Å². The van der Waals surface area contributed by atoms with Crippen LogP contribution in [0, 0.1) is 5.92 Å². The van der Waals surface area contributed by atoms with Gasteiger partial charge in [0, 0.05) is 11.7 Å². The lowest BCUT2D eigenvalue weighted by Crippen LogP contribution is -2.19. The molecule has 1 unspecified atom stereocenters. The van der Waals surface area contributed by atoms with Crippen LogP contribution in [0.15, 0.2) is 43.5 Å². The van der Waals surface area contributed by atoms with Crippen LogP contribution in [0.4, 0.5) is 5.69 Å². The average molecular weight is 215 g/mol. The highest BCUT2D eigenvalue weighted by Gasteiger charge is 2.07. The number of hydrogen-bond acceptors (Lipinski definition) is 1. The first-order valence-corrected chi connectivity index (χ1v) is 5.78. The second-order valence-electron chi connectivity index (χ2n) is 4.41. The monoisotopic (exact) mass is 215 g/mol. The number of benzene rings is 1. The largest absolute Gasteiger partial charge is 0.378 e. The molecule has 0 aliphatic carbocycles. The lowest BCUT2D eigenvalue weighted by Gasteiger charge is -2.19. The molecule has 0 fully saturated rings. The van der Waals surface area contributed by atoms with Crippen molar-refractivity contribution in [2.45, 2.75) is 26.3 Å². The molecule has 0 amide bonds. The highest BCUT2D eigenvalue weighted by Crippen LogP contribution is 2.19. The Morgan fingerprint density at radius 1 is 1.25 bits per heavy atom. The van der Waals surface area contributed by atoms with E-state index in [1.54, 1.807) is 0 Å². The molecule has 1 rings (SSSR count). The molecule has 0 bridgehead atoms. The van der Waals surface area contributed by atoms with E-state index in [1.165, 1.54) is 0 Å². The smallest absolute Gasteiger partial charge is 0.0444 e. The van der Waals surface area contributed by atoms with Crippen LogP contribution in [0.3, 0.4) is 0 Å². The van der Waals surface area contributed by atoms with Crippen LogP contribution >= 0.6 is 0 Å². The summed E-state index contributed by atoms with van der Waals surface area (Å²) in [5.41, 5.74) is 2.26. The first-order chi connectivity index (χ1) is 7.67. The maximum Gasteiger partial charge on any atom is 0.0444 e. The summed E-state index contributed by atoms with van der Waals surface area (Å²) in [6, 6.07) is 8.51. The van der Waals surface area contributed by atoms with Crippen LogP contribution in [0.1, 0.15) is 25.8 Å². The zero-order valence-electron chi connectivity index (χ0n) is 10.2. The fourth-order valence-electron chi connectivity index (χ4n) is 1.73. The Balaban J connectivity index is 2.77. The lowest BCUT2D eigenvalue weighted by atomic mass is 10.0. The fraction of sp³-hybridized carbons (Fsp3) is 0.333. The summed E-state index contributed by atoms with van der Waals surface area (Å²) >= 11 is 0. The molecule has 0 saturated carbocycles. The number of para-hydroxylation sites is 1. The Bertz CT molecular complexity index is 352. The zero-order chi connectivity index (χ0) is 12.0. The predicted molar refractivity (Wildman–Crippen MR) is 73.6 cm³/mol. The summed E-state index contributed by atoms with van der Waals surface area (Å²) in [4.78, 5) is 0. The van der Waals surface area contributed by atoms with E-state index in [2.05, 4.69) is 44.5 Å². The second-order valence-corrected chi connectivity index (χ2v) is 4.41. The van der Waals surface area contributed by atoms with Crippen LogP contribution in [-0.4, -0.2) is 6.04 Å². The van der Waals surface area contributed by atoms with Gasteiger partial charge in [0.1, 0.15) is 0 Å². The summed E-state index contributed by atoms with van der Waals surface area (Å²) in [7, 11) is 0. The minimum absolute atomic E-state index is 0.320. The van der Waals surface area contributed by atoms with Crippen LogP contribution in [0.2, 0.25) is 0 Å². The van der Waals surface area contributed by atoms with Crippen LogP contribution in [-0.2, 0) is 0 Å². The third-order valence-electron chi connectivity index (χ3n) is 2.53. The van der Waals surface area contributed by atoms with Gasteiger partial charge in [0.15, 0.2) is 0 Å². The SMILES string of the molecule is C=Cc1ccccc1NC(C=C)CC(C)C. The Kier molecular flexibility index (Phi) is 4.84. The number of anilines is 1. The van der Waals surface area contributed by atoms with Crippen LogP contribution in [0.25, 0.3) is 6.08 Å². The quantitative estimate of drug-likeness (QED) is 0.696. The number of nitrogens with one attached hydrogen (secondary N) is 1. The summed E-state index contributed by atoms with van der Waals surface area (Å²) < 4.78 is 0. The minimum Gasteiger partial charge on any atom is -0.378 e. The molecular formula is C15H21N. The molecule has 1 heteroatoms. The Hall–Kier alpha value is -1.50. The minimum atomic E-state index is 0.320. The maximum atomic E-state index is 3.88. The van der Waals surface area contributed by atoms with E-state index >= 15 is 0 Å². The van der Waals surface area contributed by atoms with Gasteiger partial charge in [-0.05, 0) is 24.0 Å². The van der Waals surface area contributed by atoms with Gasteiger partial charge < -0.3 is 5.32 Å². The molecule has 0 aliphatic heterocycles. The Morgan fingerprint density at radius 2 is 1.94 bits per heavy atom. The third kappa shape index (κ3) is 3.58. The predicted octanol–water partition coefficient (Wildman–Crippen LogP) is 4.34. The number of hydrogen-bond donors (Lipinski definition) is 1. The van der Waals surface area contributed by atoms with Gasteiger partial charge in [-0.2, -0.15) is 0 Å². The summed E-state index contributed by atoms with van der Waals surface area (Å²) in [5, 5.41) is 3.49. The molecule has 0 radical (unpaired) electrons. The molecule has 1 atom stereocenters. The van der Waals surface area contributed by atoms with E-state index in [0.717, 1.165) is 17.7 Å². The molecular weight excluding hydrogens is 194 g/mol. The molecule has 86 valence electrons. The molecule has 0 spiro atoms. The molecule has 16 heavy (non-hydrogen) atoms. The second kappa shape index (κ2) is 6.16. The van der Waals surface area contributed by atoms with Crippen molar-refractivity contribution in [1.29, 1.82) is 0 Å². The van der Waals surface area contributed by atoms with Crippen LogP contribution in [0.5, 0.6) is 0 Å². The van der Waals surface area contributed by atoms with Crippen molar-refractivity contribution in [3.05, 3.63) is 49.1 Å². The molecule has 0 aliphatic rings. The van der Waals surface area contributed by atoms with Gasteiger partial charge in [-0.25, -0.2) is 0 Å². The van der Waals surface area contributed by atoms with Gasteiger partial charge in [0.05, 0.1) is 0 Å². The normalized spacial score (nSPS) is 12.2. The van der Waals surface area contributed by atoms with Crippen molar-refractivity contribution >= 4 is 11.8 Å². The van der Waals surface area contributed by atoms with Crippen molar-refractivity contribution in [3.63, 3.8) is 0 Å². The molecule has 1 aromatic carbocycles. The van der Waals surface area contributed by atoms with Gasteiger partial charge in [0.2, 0.25) is 0 Å². The molecule has 0 saturated heterocycles. The maximum absolute atomic E-state index is 3.88. The Labute approximate surface area is 98.9 Å². The van der Waals surface area contributed by atoms with Gasteiger partial charge in [-0.1, -0.05) is 50.8 Å². The van der Waals surface area contributed by atoms with E-state index in [1.807, 2.05) is 24.3 Å². The molecule has 0 heterocycles. The van der Waals surface area contributed by atoms with Gasteiger partial charge in [-0.15, -0.1) is 6.58 Å². The average Bonchev–Trinajstić information content (AvgIpc) is 2.28. The molecule has 1 aromatic rings. The summed E-state index contributed by atoms with van der Waals surface area (Å²) in [6.45, 7) is 12.1. The first-order valence-electron chi connectivity index (χ1n) is 5.78. The summed E-state index contributed by atoms with van der Waals surface area (Å²) in [6.07, 6.45) is 4.94. The standard InChI is InChI=1S/C15H21N/c1-5-13-9-7-8-10-15(13)16-14(6-2)11-12(3)4/h5-10,12,14,16H,1-2,11H2,3-4H3. The molecule has 1 nitrogen and oxygen atoms in total. The van der Waals surface area contributed by atoms with Gasteiger partial charge in [-0.3, -0.25) is 0 Å². The highest BCUT2D eigenvalue weighted by atomic mass is 14.9.